The van der Waals surface area contributed by atoms with Crippen molar-refractivity contribution in [2.24, 2.45) is 5.73 Å². The number of hydrogen-bond donors (Lipinski definition) is 1. The molecule has 1 rings (SSSR count). The minimum Gasteiger partial charge on any atom is -0.324 e. The number of nitrogens with two attached hydrogens (primary N) is 1. The number of benzene rings is 1. The Morgan fingerprint density at radius 3 is 2.40 bits per heavy atom. The molecule has 2 N–H and O–H groups in total. The Hall–Kier alpha value is -0.260. The van der Waals surface area contributed by atoms with Crippen LogP contribution in [0.5, 0.6) is 0 Å². The lowest BCUT2D eigenvalue weighted by Gasteiger charge is -2.13. The summed E-state index contributed by atoms with van der Waals surface area (Å²) in [6, 6.07) is 3.04. The highest BCUT2D eigenvalue weighted by molar-refractivity contribution is 9.10. The Bertz CT molecular complexity index is 322. The summed E-state index contributed by atoms with van der Waals surface area (Å²) in [5.74, 6) is -0.426. The van der Waals surface area contributed by atoms with E-state index < -0.39 is 24.7 Å². The summed E-state index contributed by atoms with van der Waals surface area (Å²) in [6.45, 7) is 0. The van der Waals surface area contributed by atoms with Gasteiger partial charge in [-0.1, -0.05) is 22.0 Å². The van der Waals surface area contributed by atoms with E-state index in [0.29, 0.717) is 10.0 Å². The van der Waals surface area contributed by atoms with Crippen molar-refractivity contribution in [3.63, 3.8) is 0 Å². The summed E-state index contributed by atoms with van der Waals surface area (Å²) >= 11 is 3.07. The Kier molecular flexibility index (Phi) is 6.24. The van der Waals surface area contributed by atoms with Gasteiger partial charge in [0.2, 0.25) is 6.43 Å². The molecule has 0 saturated heterocycles. The number of hydrogen-bond acceptors (Lipinski definition) is 1. The van der Waals surface area contributed by atoms with E-state index in [9.17, 15) is 13.2 Å². The van der Waals surface area contributed by atoms with Crippen molar-refractivity contribution in [2.75, 3.05) is 0 Å². The van der Waals surface area contributed by atoms with E-state index in [1.165, 1.54) is 18.2 Å². The zero-order chi connectivity index (χ0) is 10.7. The highest BCUT2D eigenvalue weighted by Gasteiger charge is 2.15. The van der Waals surface area contributed by atoms with Crippen molar-refractivity contribution in [1.29, 1.82) is 0 Å². The third kappa shape index (κ3) is 4.40. The topological polar surface area (TPSA) is 26.0 Å². The monoisotopic (exact) mass is 303 g/mol. The Morgan fingerprint density at radius 2 is 1.93 bits per heavy atom. The van der Waals surface area contributed by atoms with Gasteiger partial charge in [-0.05, 0) is 17.7 Å². The van der Waals surface area contributed by atoms with E-state index in [1.807, 2.05) is 0 Å². The third-order valence-corrected chi connectivity index (χ3v) is 2.48. The van der Waals surface area contributed by atoms with Crippen LogP contribution in [0.25, 0.3) is 0 Å². The van der Waals surface area contributed by atoms with E-state index in [-0.39, 0.29) is 12.4 Å². The molecule has 15 heavy (non-hydrogen) atoms. The lowest BCUT2D eigenvalue weighted by Crippen LogP contribution is -2.14. The molecule has 0 spiro atoms. The summed E-state index contributed by atoms with van der Waals surface area (Å²) in [5, 5.41) is 0. The molecule has 0 heterocycles. The molecule has 1 nitrogen and oxygen atoms in total. The van der Waals surface area contributed by atoms with Gasteiger partial charge in [0, 0.05) is 16.9 Å². The van der Waals surface area contributed by atoms with Crippen LogP contribution >= 0.6 is 28.3 Å². The van der Waals surface area contributed by atoms with E-state index in [1.54, 1.807) is 0 Å². The van der Waals surface area contributed by atoms with Crippen LogP contribution in [0, 0.1) is 5.82 Å². The molecule has 1 aromatic rings. The van der Waals surface area contributed by atoms with Gasteiger partial charge in [0.15, 0.2) is 0 Å². The number of alkyl halides is 2. The fraction of sp³-hybridized carbons (Fsp3) is 0.333. The molecule has 0 fully saturated rings. The summed E-state index contributed by atoms with van der Waals surface area (Å²) in [4.78, 5) is 0. The predicted molar refractivity (Wildman–Crippen MR) is 58.9 cm³/mol. The van der Waals surface area contributed by atoms with Gasteiger partial charge >= 0.3 is 0 Å². The van der Waals surface area contributed by atoms with Crippen LogP contribution in [0.3, 0.4) is 0 Å². The Morgan fingerprint density at radius 1 is 1.33 bits per heavy atom. The average molecular weight is 305 g/mol. The molecule has 1 atom stereocenters. The molecule has 0 unspecified atom stereocenters. The van der Waals surface area contributed by atoms with Gasteiger partial charge in [0.25, 0.3) is 0 Å². The minimum atomic E-state index is -2.46. The van der Waals surface area contributed by atoms with E-state index in [0.717, 1.165) is 0 Å². The first-order chi connectivity index (χ1) is 6.50. The minimum absolute atomic E-state index is 0. The van der Waals surface area contributed by atoms with Crippen molar-refractivity contribution < 1.29 is 13.2 Å². The summed E-state index contributed by atoms with van der Waals surface area (Å²) in [7, 11) is 0. The van der Waals surface area contributed by atoms with Gasteiger partial charge in [0.1, 0.15) is 5.82 Å². The van der Waals surface area contributed by atoms with Gasteiger partial charge in [-0.25, -0.2) is 13.2 Å². The molecule has 0 aliphatic heterocycles. The molecular weight excluding hydrogens is 294 g/mol. The second-order valence-electron chi connectivity index (χ2n) is 2.90. The maximum Gasteiger partial charge on any atom is 0.240 e. The van der Waals surface area contributed by atoms with Crippen LogP contribution in [-0.4, -0.2) is 6.43 Å². The van der Waals surface area contributed by atoms with E-state index in [2.05, 4.69) is 15.9 Å². The maximum absolute atomic E-state index is 12.7. The average Bonchev–Trinajstić information content (AvgIpc) is 2.01. The fourth-order valence-corrected chi connectivity index (χ4v) is 1.77. The first-order valence-corrected chi connectivity index (χ1v) is 4.78. The molecular formula is C9H10BrClF3N. The van der Waals surface area contributed by atoms with Gasteiger partial charge in [-0.15, -0.1) is 12.4 Å². The molecule has 0 saturated carbocycles. The van der Waals surface area contributed by atoms with Crippen LogP contribution in [0.2, 0.25) is 0 Å². The smallest absolute Gasteiger partial charge is 0.240 e. The van der Waals surface area contributed by atoms with Gasteiger partial charge in [0.05, 0.1) is 0 Å². The van der Waals surface area contributed by atoms with Crippen LogP contribution in [0.15, 0.2) is 22.7 Å². The Labute approximate surface area is 100 Å². The molecule has 6 heteroatoms. The van der Waals surface area contributed by atoms with Crippen molar-refractivity contribution in [3.8, 4) is 0 Å². The maximum atomic E-state index is 12.7. The van der Waals surface area contributed by atoms with Crippen molar-refractivity contribution in [1.82, 2.24) is 0 Å². The van der Waals surface area contributed by atoms with E-state index >= 15 is 0 Å². The van der Waals surface area contributed by atoms with Crippen LogP contribution < -0.4 is 5.73 Å². The van der Waals surface area contributed by atoms with Crippen LogP contribution in [-0.2, 0) is 0 Å². The van der Waals surface area contributed by atoms with Crippen LogP contribution in [0.4, 0.5) is 13.2 Å². The second-order valence-corrected chi connectivity index (χ2v) is 3.75. The zero-order valence-corrected chi connectivity index (χ0v) is 9.99. The molecule has 0 aliphatic rings. The van der Waals surface area contributed by atoms with Crippen LogP contribution in [0.1, 0.15) is 18.0 Å². The first kappa shape index (κ1) is 14.7. The Balaban J connectivity index is 0.00000196. The lowest BCUT2D eigenvalue weighted by atomic mass is 10.1. The normalized spacial score (nSPS) is 12.4. The van der Waals surface area contributed by atoms with Crippen molar-refractivity contribution in [2.45, 2.75) is 18.9 Å². The zero-order valence-electron chi connectivity index (χ0n) is 7.59. The fourth-order valence-electron chi connectivity index (χ4n) is 1.12. The summed E-state index contributed by atoms with van der Waals surface area (Å²) < 4.78 is 37.1. The van der Waals surface area contributed by atoms with Gasteiger partial charge < -0.3 is 5.73 Å². The molecule has 1 aromatic carbocycles. The molecule has 0 aromatic heterocycles. The van der Waals surface area contributed by atoms with Crippen molar-refractivity contribution in [3.05, 3.63) is 34.1 Å². The second kappa shape index (κ2) is 6.35. The number of halogens is 5. The largest absolute Gasteiger partial charge is 0.324 e. The van der Waals surface area contributed by atoms with Gasteiger partial charge in [-0.2, -0.15) is 0 Å². The molecule has 0 bridgehead atoms. The highest BCUT2D eigenvalue weighted by Crippen LogP contribution is 2.26. The van der Waals surface area contributed by atoms with Gasteiger partial charge in [-0.3, -0.25) is 0 Å². The molecule has 0 radical (unpaired) electrons. The molecule has 86 valence electrons. The third-order valence-electron chi connectivity index (χ3n) is 1.79. The summed E-state index contributed by atoms with van der Waals surface area (Å²) in [6.07, 6.45) is -2.88. The summed E-state index contributed by atoms with van der Waals surface area (Å²) in [5.41, 5.74) is 6.01. The lowest BCUT2D eigenvalue weighted by molar-refractivity contribution is 0.128. The van der Waals surface area contributed by atoms with Crippen molar-refractivity contribution >= 4 is 28.3 Å². The predicted octanol–water partition coefficient (Wildman–Crippen LogP) is 3.67. The quantitative estimate of drug-likeness (QED) is 0.906. The highest BCUT2D eigenvalue weighted by atomic mass is 79.9. The first-order valence-electron chi connectivity index (χ1n) is 3.99. The SMILES string of the molecule is Cl.N[C@H](CC(F)F)c1ccc(F)cc1Br. The standard InChI is InChI=1S/C9H9BrF3N.ClH/c10-7-3-5(11)1-2-6(7)8(14)4-9(12)13;/h1-3,8-9H,4,14H2;1H/t8-;/m1./s1. The molecule has 0 amide bonds. The number of rotatable bonds is 3. The molecule has 0 aliphatic carbocycles. The van der Waals surface area contributed by atoms with E-state index in [4.69, 9.17) is 5.73 Å².